The second-order valence-corrected chi connectivity index (χ2v) is 6.62. The first-order valence-corrected chi connectivity index (χ1v) is 9.48. The maximum Gasteiger partial charge on any atom is 0.224 e. The normalized spacial score (nSPS) is 14.0. The third-order valence-corrected chi connectivity index (χ3v) is 4.63. The van der Waals surface area contributed by atoms with Crippen LogP contribution in [0.4, 0.5) is 15.9 Å². The molecule has 8 heteroatoms. The van der Waals surface area contributed by atoms with E-state index in [4.69, 9.17) is 9.15 Å². The van der Waals surface area contributed by atoms with E-state index in [1.54, 1.807) is 30.5 Å². The molecule has 1 aliphatic rings. The van der Waals surface area contributed by atoms with Crippen LogP contribution in [0.25, 0.3) is 11.3 Å². The molecule has 0 spiro atoms. The number of nitrogens with zero attached hydrogens (tertiary/aromatic N) is 3. The van der Waals surface area contributed by atoms with E-state index in [1.807, 2.05) is 6.07 Å². The molecule has 1 aliphatic heterocycles. The Morgan fingerprint density at radius 1 is 1.14 bits per heavy atom. The number of morpholine rings is 1. The minimum absolute atomic E-state index is 0.168. The number of carbonyl (C=O) groups is 1. The van der Waals surface area contributed by atoms with E-state index in [0.29, 0.717) is 42.5 Å². The highest BCUT2D eigenvalue weighted by Gasteiger charge is 2.17. The number of amides is 1. The highest BCUT2D eigenvalue weighted by Crippen LogP contribution is 2.25. The van der Waals surface area contributed by atoms with Gasteiger partial charge in [-0.2, -0.15) is 0 Å². The first kappa shape index (κ1) is 19.1. The van der Waals surface area contributed by atoms with Crippen LogP contribution < -0.4 is 10.2 Å². The van der Waals surface area contributed by atoms with Crippen LogP contribution in [-0.2, 0) is 16.0 Å². The monoisotopic (exact) mass is 396 g/mol. The van der Waals surface area contributed by atoms with Crippen LogP contribution in [0, 0.1) is 5.82 Å². The van der Waals surface area contributed by atoms with Crippen molar-refractivity contribution in [3.8, 4) is 11.3 Å². The average Bonchev–Trinajstić information content (AvgIpc) is 3.22. The number of carbonyl (C=O) groups excluding carboxylic acids is 1. The Hall–Kier alpha value is -3.26. The summed E-state index contributed by atoms with van der Waals surface area (Å²) in [6.07, 6.45) is 3.68. The second-order valence-electron chi connectivity index (χ2n) is 6.62. The Balaban J connectivity index is 1.37. The number of halogens is 1. The highest BCUT2D eigenvalue weighted by molar-refractivity contribution is 5.93. The van der Waals surface area contributed by atoms with Crippen LogP contribution in [0.1, 0.15) is 12.3 Å². The van der Waals surface area contributed by atoms with E-state index < -0.39 is 0 Å². The fraction of sp³-hybridized carbons (Fsp3) is 0.286. The van der Waals surface area contributed by atoms with E-state index in [0.717, 1.165) is 18.9 Å². The van der Waals surface area contributed by atoms with Gasteiger partial charge < -0.3 is 19.4 Å². The van der Waals surface area contributed by atoms with Crippen LogP contribution in [0.5, 0.6) is 0 Å². The minimum atomic E-state index is -0.375. The Kier molecular flexibility index (Phi) is 5.81. The quantitative estimate of drug-likeness (QED) is 0.689. The lowest BCUT2D eigenvalue weighted by Gasteiger charge is -2.29. The van der Waals surface area contributed by atoms with Crippen LogP contribution in [0.3, 0.4) is 0 Å². The molecule has 0 unspecified atom stereocenters. The summed E-state index contributed by atoms with van der Waals surface area (Å²) < 4.78 is 24.8. The Morgan fingerprint density at radius 3 is 2.79 bits per heavy atom. The molecule has 3 aromatic rings. The van der Waals surface area contributed by atoms with Crippen LogP contribution in [0.15, 0.2) is 53.2 Å². The largest absolute Gasteiger partial charge is 0.441 e. The van der Waals surface area contributed by atoms with Crippen molar-refractivity contribution in [1.82, 2.24) is 9.97 Å². The molecule has 1 N–H and O–H groups in total. The van der Waals surface area contributed by atoms with Crippen molar-refractivity contribution in [2.45, 2.75) is 12.8 Å². The molecule has 150 valence electrons. The minimum Gasteiger partial charge on any atom is -0.441 e. The van der Waals surface area contributed by atoms with Gasteiger partial charge in [0, 0.05) is 32.1 Å². The molecule has 4 rings (SSSR count). The van der Waals surface area contributed by atoms with Gasteiger partial charge in [-0.25, -0.2) is 14.4 Å². The summed E-state index contributed by atoms with van der Waals surface area (Å²) in [7, 11) is 0. The fourth-order valence-corrected chi connectivity index (χ4v) is 3.17. The van der Waals surface area contributed by atoms with E-state index in [1.165, 1.54) is 12.3 Å². The molecule has 1 saturated heterocycles. The van der Waals surface area contributed by atoms with Crippen molar-refractivity contribution in [3.63, 3.8) is 0 Å². The number of nitrogens with one attached hydrogen (secondary N) is 1. The van der Waals surface area contributed by atoms with Crippen LogP contribution >= 0.6 is 0 Å². The molecule has 0 radical (unpaired) electrons. The lowest BCUT2D eigenvalue weighted by molar-refractivity contribution is -0.116. The molecule has 7 nitrogen and oxygen atoms in total. The Labute approximate surface area is 167 Å². The van der Waals surface area contributed by atoms with Gasteiger partial charge in [-0.15, -0.1) is 0 Å². The molecule has 0 aliphatic carbocycles. The van der Waals surface area contributed by atoms with Gasteiger partial charge in [-0.1, -0.05) is 12.1 Å². The number of aromatic nitrogens is 2. The number of hydrogen-bond acceptors (Lipinski definition) is 6. The van der Waals surface area contributed by atoms with Gasteiger partial charge in [-0.05, 0) is 24.3 Å². The van der Waals surface area contributed by atoms with E-state index >= 15 is 0 Å². The van der Waals surface area contributed by atoms with Gasteiger partial charge >= 0.3 is 0 Å². The molecular formula is C21H21FN4O3. The lowest BCUT2D eigenvalue weighted by atomic mass is 10.2. The number of ether oxygens (including phenoxy) is 1. The zero-order chi connectivity index (χ0) is 20.1. The van der Waals surface area contributed by atoms with Gasteiger partial charge in [0.05, 0.1) is 30.7 Å². The van der Waals surface area contributed by atoms with Crippen molar-refractivity contribution in [3.05, 3.63) is 60.5 Å². The number of anilines is 2. The molecule has 3 heterocycles. The average molecular weight is 396 g/mol. The SMILES string of the molecule is O=C(CCc1ncc(-c2ccccc2F)o1)Nc1cccnc1N1CCOCC1. The maximum atomic E-state index is 13.9. The van der Waals surface area contributed by atoms with Crippen LogP contribution in [0.2, 0.25) is 0 Å². The maximum absolute atomic E-state index is 13.9. The number of hydrogen-bond donors (Lipinski definition) is 1. The summed E-state index contributed by atoms with van der Waals surface area (Å²) in [5.41, 5.74) is 1.01. The second kappa shape index (κ2) is 8.83. The van der Waals surface area contributed by atoms with E-state index in [2.05, 4.69) is 20.2 Å². The van der Waals surface area contributed by atoms with Crippen LogP contribution in [-0.4, -0.2) is 42.2 Å². The summed E-state index contributed by atoms with van der Waals surface area (Å²) >= 11 is 0. The molecule has 1 aromatic carbocycles. The Bertz CT molecular complexity index is 985. The van der Waals surface area contributed by atoms with E-state index in [-0.39, 0.29) is 18.1 Å². The van der Waals surface area contributed by atoms with E-state index in [9.17, 15) is 9.18 Å². The van der Waals surface area contributed by atoms with Crippen molar-refractivity contribution in [2.24, 2.45) is 0 Å². The molecule has 0 saturated carbocycles. The third-order valence-electron chi connectivity index (χ3n) is 4.63. The molecule has 1 amide bonds. The summed E-state index contributed by atoms with van der Waals surface area (Å²) in [4.78, 5) is 23.1. The smallest absolute Gasteiger partial charge is 0.224 e. The predicted octanol–water partition coefficient (Wildman–Crippen LogP) is 3.28. The molecule has 29 heavy (non-hydrogen) atoms. The molecular weight excluding hydrogens is 375 g/mol. The predicted molar refractivity (Wildman–Crippen MR) is 106 cm³/mol. The Morgan fingerprint density at radius 2 is 1.97 bits per heavy atom. The summed E-state index contributed by atoms with van der Waals surface area (Å²) in [6.45, 7) is 2.74. The summed E-state index contributed by atoms with van der Waals surface area (Å²) in [5, 5.41) is 2.91. The molecule has 0 atom stereocenters. The zero-order valence-electron chi connectivity index (χ0n) is 15.8. The van der Waals surface area contributed by atoms with Gasteiger partial charge in [0.15, 0.2) is 17.5 Å². The van der Waals surface area contributed by atoms with Crippen molar-refractivity contribution in [2.75, 3.05) is 36.5 Å². The number of rotatable bonds is 6. The molecule has 2 aromatic heterocycles. The lowest BCUT2D eigenvalue weighted by Crippen LogP contribution is -2.37. The van der Waals surface area contributed by atoms with Gasteiger partial charge in [0.25, 0.3) is 0 Å². The zero-order valence-corrected chi connectivity index (χ0v) is 15.8. The number of aryl methyl sites for hydroxylation is 1. The van der Waals surface area contributed by atoms with Crippen molar-refractivity contribution in [1.29, 1.82) is 0 Å². The third kappa shape index (κ3) is 4.60. The highest BCUT2D eigenvalue weighted by atomic mass is 19.1. The fourth-order valence-electron chi connectivity index (χ4n) is 3.17. The summed E-state index contributed by atoms with van der Waals surface area (Å²) in [6, 6.07) is 9.95. The standard InChI is InChI=1S/C21H21FN4O3/c22-16-5-2-1-4-15(16)18-14-24-20(29-18)8-7-19(27)25-17-6-3-9-23-21(17)26-10-12-28-13-11-26/h1-6,9,14H,7-8,10-13H2,(H,25,27). The summed E-state index contributed by atoms with van der Waals surface area (Å²) in [5.74, 6) is 0.929. The first-order chi connectivity index (χ1) is 14.2. The number of pyridine rings is 1. The first-order valence-electron chi connectivity index (χ1n) is 9.48. The van der Waals surface area contributed by atoms with Gasteiger partial charge in [-0.3, -0.25) is 4.79 Å². The molecule has 0 bridgehead atoms. The number of oxazole rings is 1. The van der Waals surface area contributed by atoms with Gasteiger partial charge in [0.1, 0.15) is 5.82 Å². The topological polar surface area (TPSA) is 80.5 Å². The van der Waals surface area contributed by atoms with Crippen molar-refractivity contribution < 1.29 is 18.3 Å². The van der Waals surface area contributed by atoms with Gasteiger partial charge in [0.2, 0.25) is 5.91 Å². The molecule has 1 fully saturated rings. The number of benzene rings is 1. The van der Waals surface area contributed by atoms with Crippen molar-refractivity contribution >= 4 is 17.4 Å².